The normalized spacial score (nSPS) is 16.3. The Morgan fingerprint density at radius 1 is 0.923 bits per heavy atom. The van der Waals surface area contributed by atoms with Gasteiger partial charge in [0.1, 0.15) is 5.75 Å². The zero-order chi connectivity index (χ0) is 20.4. The van der Waals surface area contributed by atoms with Gasteiger partial charge in [-0.2, -0.15) is 0 Å². The van der Waals surface area contributed by atoms with Crippen LogP contribution in [0.15, 0.2) is 12.1 Å². The Morgan fingerprint density at radius 2 is 1.35 bits per heavy atom. The summed E-state index contributed by atoms with van der Waals surface area (Å²) >= 11 is 0. The topological polar surface area (TPSA) is 124 Å². The first-order valence-electron chi connectivity index (χ1n) is 8.58. The standard InChI is InChI=1S/C17H30O7P2/c1-10(2)14-7-13(8-15(11(3)4)17(14)18)9-16(25(19,20)21)26(22,23)24-12(5)6/h7-8,10-12,16,18H,9H2,1-6H3,(H,22,23)(H2,19,20,21). The molecule has 0 radical (unpaired) electrons. The van der Waals surface area contributed by atoms with Crippen molar-refractivity contribution in [2.24, 2.45) is 0 Å². The third-order valence-corrected chi connectivity index (χ3v) is 8.41. The van der Waals surface area contributed by atoms with E-state index >= 15 is 0 Å². The smallest absolute Gasteiger partial charge is 0.343 e. The minimum atomic E-state index is -4.91. The van der Waals surface area contributed by atoms with Gasteiger partial charge in [-0.05, 0) is 48.8 Å². The average Bonchev–Trinajstić information content (AvgIpc) is 2.42. The minimum absolute atomic E-state index is 0.0196. The molecule has 26 heavy (non-hydrogen) atoms. The van der Waals surface area contributed by atoms with E-state index in [1.54, 1.807) is 12.1 Å². The molecule has 0 saturated heterocycles. The zero-order valence-corrected chi connectivity index (χ0v) is 17.9. The van der Waals surface area contributed by atoms with E-state index in [4.69, 9.17) is 4.52 Å². The fourth-order valence-corrected chi connectivity index (χ4v) is 6.07. The van der Waals surface area contributed by atoms with Crippen molar-refractivity contribution in [1.82, 2.24) is 0 Å². The molecule has 0 aliphatic carbocycles. The van der Waals surface area contributed by atoms with Crippen molar-refractivity contribution in [3.05, 3.63) is 28.8 Å². The van der Waals surface area contributed by atoms with Crippen LogP contribution in [0.25, 0.3) is 0 Å². The van der Waals surface area contributed by atoms with Gasteiger partial charge in [-0.15, -0.1) is 0 Å². The van der Waals surface area contributed by atoms with Crippen molar-refractivity contribution in [3.63, 3.8) is 0 Å². The highest BCUT2D eigenvalue weighted by Crippen LogP contribution is 2.64. The van der Waals surface area contributed by atoms with Gasteiger partial charge in [0.25, 0.3) is 0 Å². The predicted molar refractivity (Wildman–Crippen MR) is 102 cm³/mol. The average molecular weight is 408 g/mol. The molecule has 2 unspecified atom stereocenters. The number of rotatable bonds is 8. The highest BCUT2D eigenvalue weighted by Gasteiger charge is 2.46. The van der Waals surface area contributed by atoms with Gasteiger partial charge < -0.3 is 24.3 Å². The summed E-state index contributed by atoms with van der Waals surface area (Å²) in [7, 11) is -9.47. The number of hydrogen-bond donors (Lipinski definition) is 4. The molecule has 9 heteroatoms. The maximum atomic E-state index is 12.5. The lowest BCUT2D eigenvalue weighted by Gasteiger charge is -2.26. The van der Waals surface area contributed by atoms with Gasteiger partial charge in [0.2, 0.25) is 0 Å². The molecule has 2 atom stereocenters. The van der Waals surface area contributed by atoms with E-state index in [2.05, 4.69) is 0 Å². The second-order valence-corrected chi connectivity index (χ2v) is 11.6. The van der Waals surface area contributed by atoms with E-state index in [-0.39, 0.29) is 24.0 Å². The second-order valence-electron chi connectivity index (χ2n) is 7.42. The van der Waals surface area contributed by atoms with Gasteiger partial charge in [-0.1, -0.05) is 39.8 Å². The van der Waals surface area contributed by atoms with E-state index in [0.717, 1.165) is 0 Å². The van der Waals surface area contributed by atoms with Gasteiger partial charge in [-0.3, -0.25) is 9.13 Å². The summed E-state index contributed by atoms with van der Waals surface area (Å²) in [5.74, 6) is 0.111. The molecular formula is C17H30O7P2. The Kier molecular flexibility index (Phi) is 7.69. The van der Waals surface area contributed by atoms with Crippen LogP contribution >= 0.6 is 15.2 Å². The van der Waals surface area contributed by atoms with E-state index in [1.807, 2.05) is 27.7 Å². The summed E-state index contributed by atoms with van der Waals surface area (Å²) in [5, 5.41) is 8.59. The van der Waals surface area contributed by atoms with Crippen molar-refractivity contribution >= 4 is 15.2 Å². The van der Waals surface area contributed by atoms with Crippen LogP contribution in [0.5, 0.6) is 5.75 Å². The number of phenolic OH excluding ortho intramolecular Hbond substituents is 1. The number of hydrogen-bond acceptors (Lipinski definition) is 4. The SMILES string of the molecule is CC(C)OP(=O)(O)C(Cc1cc(C(C)C)c(O)c(C(C)C)c1)P(=O)(O)O. The monoisotopic (exact) mass is 408 g/mol. The molecule has 7 nitrogen and oxygen atoms in total. The first kappa shape index (κ1) is 23.4. The molecular weight excluding hydrogens is 378 g/mol. The van der Waals surface area contributed by atoms with E-state index in [9.17, 15) is 28.9 Å². The quantitative estimate of drug-likeness (QED) is 0.473. The number of aromatic hydroxyl groups is 1. The lowest BCUT2D eigenvalue weighted by molar-refractivity contribution is 0.200. The Morgan fingerprint density at radius 3 is 1.65 bits per heavy atom. The van der Waals surface area contributed by atoms with Gasteiger partial charge in [-0.25, -0.2) is 0 Å². The van der Waals surface area contributed by atoms with E-state index < -0.39 is 26.7 Å². The van der Waals surface area contributed by atoms with E-state index in [0.29, 0.717) is 16.7 Å². The van der Waals surface area contributed by atoms with Gasteiger partial charge in [0.05, 0.1) is 6.10 Å². The largest absolute Gasteiger partial charge is 0.507 e. The Labute approximate surface area is 155 Å². The molecule has 0 aliphatic heterocycles. The lowest BCUT2D eigenvalue weighted by atomic mass is 9.91. The Balaban J connectivity index is 3.44. The van der Waals surface area contributed by atoms with Crippen molar-refractivity contribution in [3.8, 4) is 5.75 Å². The molecule has 0 saturated carbocycles. The molecule has 0 heterocycles. The molecule has 0 spiro atoms. The molecule has 4 N–H and O–H groups in total. The highest BCUT2D eigenvalue weighted by atomic mass is 31.2. The molecule has 0 aliphatic rings. The summed E-state index contributed by atoms with van der Waals surface area (Å²) in [5.41, 5.74) is 1.74. The molecule has 0 amide bonds. The minimum Gasteiger partial charge on any atom is -0.507 e. The van der Waals surface area contributed by atoms with Crippen LogP contribution in [-0.2, 0) is 20.1 Å². The fraction of sp³-hybridized carbons (Fsp3) is 0.647. The van der Waals surface area contributed by atoms with Crippen molar-refractivity contribution in [1.29, 1.82) is 0 Å². The van der Waals surface area contributed by atoms with Crippen LogP contribution < -0.4 is 0 Å². The molecule has 0 aromatic heterocycles. The summed E-state index contributed by atoms with van der Waals surface area (Å²) in [6.45, 7) is 10.6. The molecule has 0 fully saturated rings. The number of benzene rings is 1. The van der Waals surface area contributed by atoms with Gasteiger partial charge in [0.15, 0.2) is 5.40 Å². The van der Waals surface area contributed by atoms with E-state index in [1.165, 1.54) is 13.8 Å². The maximum absolute atomic E-state index is 12.5. The molecule has 0 bridgehead atoms. The Hall–Kier alpha value is -0.680. The summed E-state index contributed by atoms with van der Waals surface area (Å²) in [6.07, 6.45) is -0.984. The first-order chi connectivity index (χ1) is 11.7. The number of phenols is 1. The van der Waals surface area contributed by atoms with Crippen LogP contribution in [0.4, 0.5) is 0 Å². The summed E-state index contributed by atoms with van der Waals surface area (Å²) in [6, 6.07) is 3.26. The van der Waals surface area contributed by atoms with Crippen LogP contribution in [0, 0.1) is 0 Å². The maximum Gasteiger partial charge on any atom is 0.343 e. The molecule has 150 valence electrons. The first-order valence-corrected chi connectivity index (χ1v) is 11.9. The summed E-state index contributed by atoms with van der Waals surface area (Å²) in [4.78, 5) is 29.4. The predicted octanol–water partition coefficient (Wildman–Crippen LogP) is 4.30. The highest BCUT2D eigenvalue weighted by molar-refractivity contribution is 7.71. The second kappa shape index (κ2) is 8.55. The zero-order valence-electron chi connectivity index (χ0n) is 16.1. The van der Waals surface area contributed by atoms with Gasteiger partial charge >= 0.3 is 15.2 Å². The third kappa shape index (κ3) is 5.91. The summed E-state index contributed by atoms with van der Waals surface area (Å²) < 4.78 is 29.3. The van der Waals surface area contributed by atoms with Crippen LogP contribution in [0.1, 0.15) is 70.1 Å². The van der Waals surface area contributed by atoms with Crippen molar-refractivity contribution in [2.75, 3.05) is 0 Å². The fourth-order valence-electron chi connectivity index (χ4n) is 2.75. The van der Waals surface area contributed by atoms with Crippen LogP contribution in [0.2, 0.25) is 0 Å². The molecule has 1 aromatic rings. The molecule has 1 aromatic carbocycles. The van der Waals surface area contributed by atoms with Crippen molar-refractivity contribution < 1.29 is 33.4 Å². The Bertz CT molecular complexity index is 693. The van der Waals surface area contributed by atoms with Crippen LogP contribution in [-0.4, -0.2) is 31.3 Å². The lowest BCUT2D eigenvalue weighted by Crippen LogP contribution is -2.17. The van der Waals surface area contributed by atoms with Crippen molar-refractivity contribution in [2.45, 2.75) is 71.3 Å². The third-order valence-electron chi connectivity index (χ3n) is 4.02. The van der Waals surface area contributed by atoms with Crippen LogP contribution in [0.3, 0.4) is 0 Å². The molecule has 1 rings (SSSR count). The van der Waals surface area contributed by atoms with Gasteiger partial charge in [0, 0.05) is 0 Å².